The summed E-state index contributed by atoms with van der Waals surface area (Å²) in [7, 11) is 5.55. The van der Waals surface area contributed by atoms with Gasteiger partial charge in [0, 0.05) is 43.5 Å². The number of hydrogen-bond acceptors (Lipinski definition) is 7. The Hall–Kier alpha value is -4.77. The monoisotopic (exact) mass is 518 g/mol. The fourth-order valence-corrected chi connectivity index (χ4v) is 3.93. The fourth-order valence-electron chi connectivity index (χ4n) is 3.93. The second kappa shape index (κ2) is 11.1. The molecule has 0 aliphatic heterocycles. The van der Waals surface area contributed by atoms with Crippen LogP contribution in [0.15, 0.2) is 66.7 Å². The molecule has 0 saturated carbocycles. The molecule has 196 valence electrons. The zero-order valence-corrected chi connectivity index (χ0v) is 21.1. The Bertz CT molecular complexity index is 1500. The molecule has 0 unspecified atom stereocenters. The molecule has 4 rings (SSSR count). The first-order chi connectivity index (χ1) is 18.1. The van der Waals surface area contributed by atoms with Gasteiger partial charge in [0.15, 0.2) is 5.82 Å². The third-order valence-corrected chi connectivity index (χ3v) is 5.92. The Kier molecular flexibility index (Phi) is 7.68. The summed E-state index contributed by atoms with van der Waals surface area (Å²) in [4.78, 5) is 31.8. The zero-order chi connectivity index (χ0) is 27.4. The number of fused-ring (bicyclic) bond motifs is 1. The molecule has 0 atom stereocenters. The maximum absolute atomic E-state index is 13.0. The van der Waals surface area contributed by atoms with Crippen LogP contribution < -0.4 is 10.2 Å². The van der Waals surface area contributed by atoms with Crippen LogP contribution in [-0.2, 0) is 4.79 Å². The molecule has 0 aliphatic rings. The molecule has 38 heavy (non-hydrogen) atoms. The Morgan fingerprint density at radius 1 is 1.08 bits per heavy atom. The van der Waals surface area contributed by atoms with Gasteiger partial charge in [0.2, 0.25) is 5.91 Å². The summed E-state index contributed by atoms with van der Waals surface area (Å²) in [6, 6.07) is 15.3. The number of aromatic nitrogens is 2. The van der Waals surface area contributed by atoms with Crippen molar-refractivity contribution in [2.45, 2.75) is 0 Å². The number of carbonyl (C=O) groups excluding carboxylic acids is 1. The van der Waals surface area contributed by atoms with E-state index in [1.807, 2.05) is 19.0 Å². The van der Waals surface area contributed by atoms with Crippen LogP contribution in [0.3, 0.4) is 0 Å². The van der Waals surface area contributed by atoms with Crippen molar-refractivity contribution in [1.29, 1.82) is 0 Å². The van der Waals surface area contributed by atoms with Gasteiger partial charge in [0.05, 0.1) is 10.4 Å². The van der Waals surface area contributed by atoms with Crippen molar-refractivity contribution in [2.75, 3.05) is 44.4 Å². The van der Waals surface area contributed by atoms with E-state index in [-0.39, 0.29) is 34.4 Å². The smallest absolute Gasteiger partial charge is 0.294 e. The number of carbonyl (C=O) groups is 1. The number of nitro groups is 1. The minimum absolute atomic E-state index is 0.132. The van der Waals surface area contributed by atoms with Gasteiger partial charge in [-0.15, -0.1) is 0 Å². The standard InChI is InChI=1S/C27H27FN6O4/c1-31(2)16-17-32(3)26-23(34(37)38)14-13-22-25(26)33(36)27(30-22)19-7-11-21(12-8-19)29-24(35)15-6-18-4-9-20(28)10-5-18/h4-15,36H,16-17H2,1-3H3,(H,29,35)/b15-6+. The second-order valence-electron chi connectivity index (χ2n) is 8.98. The van der Waals surface area contributed by atoms with Crippen LogP contribution in [0.2, 0.25) is 0 Å². The van der Waals surface area contributed by atoms with Gasteiger partial charge in [-0.3, -0.25) is 14.9 Å². The highest BCUT2D eigenvalue weighted by molar-refractivity contribution is 6.02. The Morgan fingerprint density at radius 2 is 1.76 bits per heavy atom. The van der Waals surface area contributed by atoms with Crippen LogP contribution in [-0.4, -0.2) is 64.9 Å². The molecule has 0 fully saturated rings. The number of rotatable bonds is 9. The normalized spacial score (nSPS) is 11.4. The summed E-state index contributed by atoms with van der Waals surface area (Å²) in [5.41, 5.74) is 2.53. The van der Waals surface area contributed by atoms with Crippen LogP contribution in [0.4, 0.5) is 21.5 Å². The number of likely N-dealkylation sites (N-methyl/N-ethyl adjacent to an activating group) is 2. The predicted molar refractivity (Wildman–Crippen MR) is 145 cm³/mol. The predicted octanol–water partition coefficient (Wildman–Crippen LogP) is 4.64. The summed E-state index contributed by atoms with van der Waals surface area (Å²) >= 11 is 0. The first kappa shape index (κ1) is 26.3. The molecule has 2 N–H and O–H groups in total. The van der Waals surface area contributed by atoms with Crippen LogP contribution in [0.25, 0.3) is 28.5 Å². The molecule has 1 aromatic heterocycles. The van der Waals surface area contributed by atoms with Crippen molar-refractivity contribution in [2.24, 2.45) is 0 Å². The van der Waals surface area contributed by atoms with Gasteiger partial charge in [-0.1, -0.05) is 12.1 Å². The highest BCUT2D eigenvalue weighted by Gasteiger charge is 2.26. The lowest BCUT2D eigenvalue weighted by molar-refractivity contribution is -0.384. The SMILES string of the molecule is CN(C)CCN(C)c1c([N+](=O)[O-])ccc2nc(-c3ccc(NC(=O)/C=C/c4ccc(F)cc4)cc3)n(O)c12. The molecule has 1 amide bonds. The molecule has 0 saturated heterocycles. The molecule has 0 aliphatic carbocycles. The van der Waals surface area contributed by atoms with E-state index in [4.69, 9.17) is 0 Å². The number of benzene rings is 3. The van der Waals surface area contributed by atoms with Crippen LogP contribution >= 0.6 is 0 Å². The molecular weight excluding hydrogens is 491 g/mol. The largest absolute Gasteiger partial charge is 0.426 e. The molecule has 0 radical (unpaired) electrons. The van der Waals surface area contributed by atoms with Crippen molar-refractivity contribution >= 4 is 40.1 Å². The molecular formula is C27H27FN6O4. The van der Waals surface area contributed by atoms with E-state index < -0.39 is 4.92 Å². The lowest BCUT2D eigenvalue weighted by Crippen LogP contribution is -2.29. The number of halogens is 1. The van der Waals surface area contributed by atoms with Crippen LogP contribution in [0, 0.1) is 15.9 Å². The molecule has 4 aromatic rings. The second-order valence-corrected chi connectivity index (χ2v) is 8.98. The van der Waals surface area contributed by atoms with Crippen molar-refractivity contribution in [3.8, 4) is 11.4 Å². The van der Waals surface area contributed by atoms with Gasteiger partial charge in [-0.05, 0) is 68.2 Å². The number of hydrogen-bond donors (Lipinski definition) is 2. The van der Waals surface area contributed by atoms with Crippen LogP contribution in [0.5, 0.6) is 0 Å². The topological polar surface area (TPSA) is 117 Å². The maximum Gasteiger partial charge on any atom is 0.294 e. The summed E-state index contributed by atoms with van der Waals surface area (Å²) in [5, 5.41) is 25.6. The highest BCUT2D eigenvalue weighted by Crippen LogP contribution is 2.37. The number of nitro benzene ring substituents is 1. The summed E-state index contributed by atoms with van der Waals surface area (Å²) in [5.74, 6) is -0.514. The van der Waals surface area contributed by atoms with Gasteiger partial charge in [-0.2, -0.15) is 4.73 Å². The van der Waals surface area contributed by atoms with E-state index in [1.54, 1.807) is 54.4 Å². The quantitative estimate of drug-likeness (QED) is 0.144. The summed E-state index contributed by atoms with van der Waals surface area (Å²) in [6.45, 7) is 1.15. The first-order valence-corrected chi connectivity index (χ1v) is 11.7. The van der Waals surface area contributed by atoms with Gasteiger partial charge in [-0.25, -0.2) is 9.37 Å². The van der Waals surface area contributed by atoms with Crippen LogP contribution in [0.1, 0.15) is 5.56 Å². The maximum atomic E-state index is 13.0. The third-order valence-electron chi connectivity index (χ3n) is 5.92. The van der Waals surface area contributed by atoms with Gasteiger partial charge in [0.25, 0.3) is 5.69 Å². The van der Waals surface area contributed by atoms with Gasteiger partial charge < -0.3 is 20.3 Å². The third kappa shape index (κ3) is 5.79. The van der Waals surface area contributed by atoms with Crippen molar-refractivity contribution in [1.82, 2.24) is 14.6 Å². The van der Waals surface area contributed by atoms with E-state index in [0.717, 1.165) is 4.73 Å². The van der Waals surface area contributed by atoms with E-state index in [1.165, 1.54) is 30.3 Å². The summed E-state index contributed by atoms with van der Waals surface area (Å²) in [6.07, 6.45) is 2.92. The van der Waals surface area contributed by atoms with E-state index in [0.29, 0.717) is 35.4 Å². The van der Waals surface area contributed by atoms with Crippen molar-refractivity contribution < 1.29 is 19.3 Å². The zero-order valence-electron chi connectivity index (χ0n) is 21.1. The molecule has 3 aromatic carbocycles. The molecule has 0 spiro atoms. The molecule has 10 nitrogen and oxygen atoms in total. The van der Waals surface area contributed by atoms with Crippen molar-refractivity contribution in [3.05, 3.63) is 88.2 Å². The number of amides is 1. The van der Waals surface area contributed by atoms with Gasteiger partial charge >= 0.3 is 0 Å². The molecule has 11 heteroatoms. The lowest BCUT2D eigenvalue weighted by atomic mass is 10.2. The highest BCUT2D eigenvalue weighted by atomic mass is 19.1. The number of anilines is 2. The summed E-state index contributed by atoms with van der Waals surface area (Å²) < 4.78 is 13.9. The minimum atomic E-state index is -0.477. The van der Waals surface area contributed by atoms with E-state index in [9.17, 15) is 24.5 Å². The Balaban J connectivity index is 1.59. The van der Waals surface area contributed by atoms with Gasteiger partial charge in [0.1, 0.15) is 17.0 Å². The average molecular weight is 519 g/mol. The van der Waals surface area contributed by atoms with Crippen molar-refractivity contribution in [3.63, 3.8) is 0 Å². The number of nitrogens with zero attached hydrogens (tertiary/aromatic N) is 5. The molecule has 1 heterocycles. The first-order valence-electron chi connectivity index (χ1n) is 11.7. The Morgan fingerprint density at radius 3 is 2.39 bits per heavy atom. The molecule has 0 bridgehead atoms. The Labute approximate surface area is 218 Å². The lowest BCUT2D eigenvalue weighted by Gasteiger charge is -2.22. The average Bonchev–Trinajstić information content (AvgIpc) is 3.23. The van der Waals surface area contributed by atoms with E-state index in [2.05, 4.69) is 10.3 Å². The fraction of sp³-hybridized carbons (Fsp3) is 0.185. The number of nitrogens with one attached hydrogen (secondary N) is 1. The number of imidazole rings is 1. The minimum Gasteiger partial charge on any atom is -0.426 e. The van der Waals surface area contributed by atoms with E-state index >= 15 is 0 Å².